The maximum atomic E-state index is 9.44. The largest absolute Gasteiger partial charge is 0.394 e. The Bertz CT molecular complexity index is 235. The minimum absolute atomic E-state index is 0.102. The molecular weight excluding hydrogens is 226 g/mol. The maximum Gasteiger partial charge on any atom is 0.0610 e. The fourth-order valence-electron chi connectivity index (χ4n) is 2.78. The number of hydrogen-bond acceptors (Lipinski definition) is 4. The molecule has 2 atom stereocenters. The third-order valence-corrected chi connectivity index (χ3v) is 4.13. The third-order valence-electron chi connectivity index (χ3n) is 4.13. The zero-order valence-corrected chi connectivity index (χ0v) is 12.6. The van der Waals surface area contributed by atoms with Gasteiger partial charge >= 0.3 is 0 Å². The van der Waals surface area contributed by atoms with E-state index in [1.807, 2.05) is 0 Å². The van der Waals surface area contributed by atoms with Crippen molar-refractivity contribution in [2.24, 2.45) is 0 Å². The first-order chi connectivity index (χ1) is 8.50. The summed E-state index contributed by atoms with van der Waals surface area (Å²) in [4.78, 5) is 4.88. The first kappa shape index (κ1) is 15.9. The smallest absolute Gasteiger partial charge is 0.0610 e. The normalized spacial score (nSPS) is 24.7. The van der Waals surface area contributed by atoms with Crippen LogP contribution in [0.25, 0.3) is 0 Å². The highest BCUT2D eigenvalue weighted by atomic mass is 16.3. The predicted molar refractivity (Wildman–Crippen MR) is 76.9 cm³/mol. The van der Waals surface area contributed by atoms with E-state index in [1.54, 1.807) is 0 Å². The molecule has 0 aromatic rings. The van der Waals surface area contributed by atoms with Crippen LogP contribution in [0.3, 0.4) is 0 Å². The Morgan fingerprint density at radius 1 is 1.44 bits per heavy atom. The van der Waals surface area contributed by atoms with Gasteiger partial charge in [-0.1, -0.05) is 6.92 Å². The van der Waals surface area contributed by atoms with E-state index in [4.69, 9.17) is 0 Å². The zero-order valence-electron chi connectivity index (χ0n) is 12.6. The number of aliphatic hydroxyl groups excluding tert-OH is 1. The lowest BCUT2D eigenvalue weighted by Gasteiger charge is -2.29. The number of likely N-dealkylation sites (N-methyl/N-ethyl adjacent to an activating group) is 2. The standard InChI is InChI=1S/C14H31N3O/c1-5-15-14(2,12-18)8-6-9-17-10-7-13(11-17)16(3)4/h13,15,18H,5-12H2,1-4H3. The molecule has 2 N–H and O–H groups in total. The van der Waals surface area contributed by atoms with Crippen LogP contribution in [0.5, 0.6) is 0 Å². The van der Waals surface area contributed by atoms with Crippen molar-refractivity contribution in [3.05, 3.63) is 0 Å². The van der Waals surface area contributed by atoms with E-state index in [0.717, 1.165) is 32.0 Å². The molecule has 1 rings (SSSR count). The van der Waals surface area contributed by atoms with Crippen molar-refractivity contribution >= 4 is 0 Å². The topological polar surface area (TPSA) is 38.7 Å². The number of nitrogens with zero attached hydrogens (tertiary/aromatic N) is 2. The van der Waals surface area contributed by atoms with Gasteiger partial charge < -0.3 is 20.2 Å². The van der Waals surface area contributed by atoms with Crippen LogP contribution in [-0.4, -0.2) is 73.4 Å². The monoisotopic (exact) mass is 257 g/mol. The van der Waals surface area contributed by atoms with Gasteiger partial charge in [-0.25, -0.2) is 0 Å². The highest BCUT2D eigenvalue weighted by Crippen LogP contribution is 2.16. The highest BCUT2D eigenvalue weighted by molar-refractivity contribution is 4.84. The van der Waals surface area contributed by atoms with Crippen molar-refractivity contribution in [1.82, 2.24) is 15.1 Å². The summed E-state index contributed by atoms with van der Waals surface area (Å²) in [6, 6.07) is 0.725. The van der Waals surface area contributed by atoms with Crippen molar-refractivity contribution in [2.45, 2.75) is 44.7 Å². The van der Waals surface area contributed by atoms with Gasteiger partial charge in [0.1, 0.15) is 0 Å². The molecular formula is C14H31N3O. The van der Waals surface area contributed by atoms with Gasteiger partial charge in [-0.2, -0.15) is 0 Å². The van der Waals surface area contributed by atoms with Crippen LogP contribution in [0.15, 0.2) is 0 Å². The molecule has 4 nitrogen and oxygen atoms in total. The molecule has 0 aromatic carbocycles. The molecule has 1 saturated heterocycles. The fourth-order valence-corrected chi connectivity index (χ4v) is 2.78. The van der Waals surface area contributed by atoms with Gasteiger partial charge in [-0.15, -0.1) is 0 Å². The van der Waals surface area contributed by atoms with Gasteiger partial charge in [-0.05, 0) is 59.9 Å². The van der Waals surface area contributed by atoms with Crippen LogP contribution in [-0.2, 0) is 0 Å². The Labute approximate surface area is 112 Å². The molecule has 0 saturated carbocycles. The van der Waals surface area contributed by atoms with E-state index in [0.29, 0.717) is 0 Å². The molecule has 1 heterocycles. The molecule has 0 amide bonds. The number of likely N-dealkylation sites (tertiary alicyclic amines) is 1. The summed E-state index contributed by atoms with van der Waals surface area (Å²) >= 11 is 0. The molecule has 0 aromatic heterocycles. The highest BCUT2D eigenvalue weighted by Gasteiger charge is 2.25. The van der Waals surface area contributed by atoms with Gasteiger partial charge in [0.25, 0.3) is 0 Å². The molecule has 0 aliphatic carbocycles. The van der Waals surface area contributed by atoms with Crippen molar-refractivity contribution in [3.8, 4) is 0 Å². The fraction of sp³-hybridized carbons (Fsp3) is 1.00. The molecule has 108 valence electrons. The molecule has 0 radical (unpaired) electrons. The van der Waals surface area contributed by atoms with Crippen LogP contribution in [0, 0.1) is 0 Å². The van der Waals surface area contributed by atoms with E-state index in [-0.39, 0.29) is 12.1 Å². The Kier molecular flexibility index (Phi) is 6.57. The van der Waals surface area contributed by atoms with E-state index in [1.165, 1.54) is 19.5 Å². The molecule has 0 spiro atoms. The second-order valence-corrected chi connectivity index (χ2v) is 6.06. The summed E-state index contributed by atoms with van der Waals surface area (Å²) in [7, 11) is 4.34. The van der Waals surface area contributed by atoms with Crippen molar-refractivity contribution in [2.75, 3.05) is 46.9 Å². The summed E-state index contributed by atoms with van der Waals surface area (Å²) in [5.74, 6) is 0. The lowest BCUT2D eigenvalue weighted by molar-refractivity contribution is 0.159. The van der Waals surface area contributed by atoms with E-state index in [9.17, 15) is 5.11 Å². The Hall–Kier alpha value is -0.160. The average molecular weight is 257 g/mol. The van der Waals surface area contributed by atoms with E-state index < -0.39 is 0 Å². The second kappa shape index (κ2) is 7.43. The summed E-state index contributed by atoms with van der Waals surface area (Å²) in [5.41, 5.74) is -0.102. The SMILES string of the molecule is CCNC(C)(CO)CCCN1CCC(N(C)C)C1. The summed E-state index contributed by atoms with van der Waals surface area (Å²) in [6.45, 7) is 8.93. The number of rotatable bonds is 8. The summed E-state index contributed by atoms with van der Waals surface area (Å²) in [6.07, 6.45) is 3.49. The van der Waals surface area contributed by atoms with Crippen LogP contribution in [0.1, 0.15) is 33.1 Å². The zero-order chi connectivity index (χ0) is 13.6. The molecule has 1 aliphatic rings. The molecule has 0 bridgehead atoms. The summed E-state index contributed by atoms with van der Waals surface area (Å²) < 4.78 is 0. The summed E-state index contributed by atoms with van der Waals surface area (Å²) in [5, 5.41) is 12.8. The Balaban J connectivity index is 2.22. The minimum atomic E-state index is -0.102. The quantitative estimate of drug-likeness (QED) is 0.673. The third kappa shape index (κ3) is 4.84. The van der Waals surface area contributed by atoms with Crippen LogP contribution in [0.2, 0.25) is 0 Å². The van der Waals surface area contributed by atoms with Gasteiger partial charge in [0.2, 0.25) is 0 Å². The van der Waals surface area contributed by atoms with Gasteiger partial charge in [-0.3, -0.25) is 0 Å². The first-order valence-electron chi connectivity index (χ1n) is 7.25. The van der Waals surface area contributed by atoms with Crippen LogP contribution >= 0.6 is 0 Å². The lowest BCUT2D eigenvalue weighted by Crippen LogP contribution is -2.46. The van der Waals surface area contributed by atoms with Crippen LogP contribution in [0.4, 0.5) is 0 Å². The molecule has 1 fully saturated rings. The number of nitrogens with one attached hydrogen (secondary N) is 1. The van der Waals surface area contributed by atoms with Gasteiger partial charge in [0.05, 0.1) is 6.61 Å². The van der Waals surface area contributed by atoms with Crippen LogP contribution < -0.4 is 5.32 Å². The molecule has 2 unspecified atom stereocenters. The minimum Gasteiger partial charge on any atom is -0.394 e. The molecule has 1 aliphatic heterocycles. The Morgan fingerprint density at radius 2 is 2.17 bits per heavy atom. The predicted octanol–water partition coefficient (Wildman–Crippen LogP) is 0.763. The molecule has 18 heavy (non-hydrogen) atoms. The van der Waals surface area contributed by atoms with Crippen molar-refractivity contribution in [1.29, 1.82) is 0 Å². The molecule has 4 heteroatoms. The average Bonchev–Trinajstić information content (AvgIpc) is 2.78. The Morgan fingerprint density at radius 3 is 2.67 bits per heavy atom. The maximum absolute atomic E-state index is 9.44. The van der Waals surface area contributed by atoms with E-state index >= 15 is 0 Å². The van der Waals surface area contributed by atoms with E-state index in [2.05, 4.69) is 43.1 Å². The number of aliphatic hydroxyl groups is 1. The second-order valence-electron chi connectivity index (χ2n) is 6.06. The van der Waals surface area contributed by atoms with Gasteiger partial charge in [0, 0.05) is 18.1 Å². The van der Waals surface area contributed by atoms with Gasteiger partial charge in [0.15, 0.2) is 0 Å². The number of hydrogen-bond donors (Lipinski definition) is 2. The first-order valence-corrected chi connectivity index (χ1v) is 7.25. The van der Waals surface area contributed by atoms with Crippen molar-refractivity contribution < 1.29 is 5.11 Å². The van der Waals surface area contributed by atoms with Crippen molar-refractivity contribution in [3.63, 3.8) is 0 Å². The lowest BCUT2D eigenvalue weighted by atomic mass is 9.96.